The predicted molar refractivity (Wildman–Crippen MR) is 99.1 cm³/mol. The number of hydrogen-bond donors (Lipinski definition) is 0. The van der Waals surface area contributed by atoms with Crippen molar-refractivity contribution in [2.75, 3.05) is 13.7 Å². The summed E-state index contributed by atoms with van der Waals surface area (Å²) in [5.41, 5.74) is 1.91. The summed E-state index contributed by atoms with van der Waals surface area (Å²) >= 11 is 0. The van der Waals surface area contributed by atoms with E-state index in [4.69, 9.17) is 9.47 Å². The third-order valence-corrected chi connectivity index (χ3v) is 3.75. The summed E-state index contributed by atoms with van der Waals surface area (Å²) in [6, 6.07) is 18.1. The minimum atomic E-state index is -0.601. The average Bonchev–Trinajstić information content (AvgIpc) is 2.70. The molecule has 0 aliphatic carbocycles. The second-order valence-electron chi connectivity index (χ2n) is 5.52. The molecule has 2 aromatic carbocycles. The standard InChI is InChI=1S/C21H17NO4/c1-25-18-7-4-6-16(13-18)20(23)14-26-21(24)12-11-17-10-9-15-5-2-3-8-19(15)22-17/h2-13H,14H2,1H3/b12-11+. The highest BCUT2D eigenvalue weighted by Crippen LogP contribution is 2.14. The zero-order valence-corrected chi connectivity index (χ0v) is 14.2. The number of esters is 1. The lowest BCUT2D eigenvalue weighted by atomic mass is 10.1. The van der Waals surface area contributed by atoms with Gasteiger partial charge in [0.15, 0.2) is 12.4 Å². The molecule has 0 atom stereocenters. The van der Waals surface area contributed by atoms with Crippen molar-refractivity contribution in [3.63, 3.8) is 0 Å². The zero-order valence-electron chi connectivity index (χ0n) is 14.2. The number of aromatic nitrogens is 1. The van der Waals surface area contributed by atoms with E-state index in [2.05, 4.69) is 4.98 Å². The summed E-state index contributed by atoms with van der Waals surface area (Å²) in [6.45, 7) is -0.332. The van der Waals surface area contributed by atoms with E-state index in [0.29, 0.717) is 17.0 Å². The van der Waals surface area contributed by atoms with Crippen LogP contribution in [0.3, 0.4) is 0 Å². The van der Waals surface area contributed by atoms with Gasteiger partial charge in [0.1, 0.15) is 5.75 Å². The second-order valence-corrected chi connectivity index (χ2v) is 5.52. The molecule has 0 spiro atoms. The Morgan fingerprint density at radius 2 is 1.88 bits per heavy atom. The first kappa shape index (κ1) is 17.4. The number of carbonyl (C=O) groups is 2. The molecule has 0 bridgehead atoms. The second kappa shape index (κ2) is 8.07. The van der Waals surface area contributed by atoms with Crippen LogP contribution in [0.2, 0.25) is 0 Å². The Morgan fingerprint density at radius 1 is 1.04 bits per heavy atom. The molecule has 1 aromatic heterocycles. The first-order valence-corrected chi connectivity index (χ1v) is 8.03. The molecule has 0 aliphatic heterocycles. The van der Waals surface area contributed by atoms with Crippen molar-refractivity contribution in [1.82, 2.24) is 4.98 Å². The van der Waals surface area contributed by atoms with E-state index < -0.39 is 5.97 Å². The molecule has 0 amide bonds. The van der Waals surface area contributed by atoms with Crippen LogP contribution >= 0.6 is 0 Å². The van der Waals surface area contributed by atoms with Crippen molar-refractivity contribution in [3.05, 3.63) is 78.0 Å². The van der Waals surface area contributed by atoms with Crippen molar-refractivity contribution in [2.45, 2.75) is 0 Å². The fourth-order valence-corrected chi connectivity index (χ4v) is 2.39. The normalized spacial score (nSPS) is 10.8. The third kappa shape index (κ3) is 4.33. The Morgan fingerprint density at radius 3 is 2.73 bits per heavy atom. The lowest BCUT2D eigenvalue weighted by Gasteiger charge is -2.04. The number of hydrogen-bond acceptors (Lipinski definition) is 5. The number of ether oxygens (including phenoxy) is 2. The van der Waals surface area contributed by atoms with Gasteiger partial charge in [0.25, 0.3) is 0 Å². The van der Waals surface area contributed by atoms with Gasteiger partial charge in [-0.05, 0) is 30.3 Å². The first-order chi connectivity index (χ1) is 12.7. The highest BCUT2D eigenvalue weighted by molar-refractivity contribution is 5.99. The van der Waals surface area contributed by atoms with Gasteiger partial charge in [-0.25, -0.2) is 9.78 Å². The molecule has 0 unspecified atom stereocenters. The van der Waals surface area contributed by atoms with Gasteiger partial charge in [0.05, 0.1) is 18.3 Å². The molecule has 130 valence electrons. The zero-order chi connectivity index (χ0) is 18.4. The number of ketones is 1. The lowest BCUT2D eigenvalue weighted by molar-refractivity contribution is -0.136. The Kier molecular flexibility index (Phi) is 5.39. The average molecular weight is 347 g/mol. The highest BCUT2D eigenvalue weighted by Gasteiger charge is 2.09. The van der Waals surface area contributed by atoms with Crippen LogP contribution in [0.4, 0.5) is 0 Å². The maximum atomic E-state index is 12.1. The quantitative estimate of drug-likeness (QED) is 0.387. The SMILES string of the molecule is COc1cccc(C(=O)COC(=O)/C=C/c2ccc3ccccc3n2)c1. The monoisotopic (exact) mass is 347 g/mol. The summed E-state index contributed by atoms with van der Waals surface area (Å²) in [5.74, 6) is -0.324. The van der Waals surface area contributed by atoms with Crippen molar-refractivity contribution < 1.29 is 19.1 Å². The van der Waals surface area contributed by atoms with Crippen molar-refractivity contribution in [2.24, 2.45) is 0 Å². The summed E-state index contributed by atoms with van der Waals surface area (Å²) < 4.78 is 10.1. The molecule has 0 saturated carbocycles. The number of nitrogens with zero attached hydrogens (tertiary/aromatic N) is 1. The topological polar surface area (TPSA) is 65.5 Å². The van der Waals surface area contributed by atoms with Crippen LogP contribution in [-0.4, -0.2) is 30.5 Å². The van der Waals surface area contributed by atoms with Crippen molar-refractivity contribution in [1.29, 1.82) is 0 Å². The van der Waals surface area contributed by atoms with Gasteiger partial charge in [0, 0.05) is 17.0 Å². The Bertz CT molecular complexity index is 978. The van der Waals surface area contributed by atoms with E-state index >= 15 is 0 Å². The largest absolute Gasteiger partial charge is 0.497 e. The lowest BCUT2D eigenvalue weighted by Crippen LogP contribution is -2.12. The maximum absolute atomic E-state index is 12.1. The van der Waals surface area contributed by atoms with Crippen LogP contribution in [-0.2, 0) is 9.53 Å². The number of methoxy groups -OCH3 is 1. The summed E-state index contributed by atoms with van der Waals surface area (Å²) in [7, 11) is 1.52. The van der Waals surface area contributed by atoms with Crippen LogP contribution in [0.5, 0.6) is 5.75 Å². The third-order valence-electron chi connectivity index (χ3n) is 3.75. The number of benzene rings is 2. The van der Waals surface area contributed by atoms with E-state index in [1.165, 1.54) is 13.2 Å². The minimum Gasteiger partial charge on any atom is -0.497 e. The Balaban J connectivity index is 1.59. The molecular weight excluding hydrogens is 330 g/mol. The number of Topliss-reactive ketones (excluding diaryl/α,β-unsaturated/α-hetero) is 1. The molecule has 0 aliphatic rings. The molecule has 0 radical (unpaired) electrons. The predicted octanol–water partition coefficient (Wildman–Crippen LogP) is 3.68. The van der Waals surface area contributed by atoms with Crippen LogP contribution in [0.25, 0.3) is 17.0 Å². The van der Waals surface area contributed by atoms with Gasteiger partial charge in [-0.1, -0.05) is 36.4 Å². The molecule has 0 fully saturated rings. The summed E-state index contributed by atoms with van der Waals surface area (Å²) in [4.78, 5) is 28.3. The van der Waals surface area contributed by atoms with Crippen molar-refractivity contribution in [3.8, 4) is 5.75 Å². The molecule has 3 rings (SSSR count). The van der Waals surface area contributed by atoms with E-state index in [-0.39, 0.29) is 12.4 Å². The van der Waals surface area contributed by atoms with E-state index in [1.54, 1.807) is 30.3 Å². The van der Waals surface area contributed by atoms with Crippen LogP contribution in [0, 0.1) is 0 Å². The highest BCUT2D eigenvalue weighted by atomic mass is 16.5. The molecule has 5 heteroatoms. The Labute approximate surface area is 150 Å². The van der Waals surface area contributed by atoms with Crippen molar-refractivity contribution >= 4 is 28.7 Å². The molecule has 5 nitrogen and oxygen atoms in total. The molecule has 26 heavy (non-hydrogen) atoms. The first-order valence-electron chi connectivity index (χ1n) is 8.03. The number of para-hydroxylation sites is 1. The van der Waals surface area contributed by atoms with Crippen LogP contribution in [0.15, 0.2) is 66.7 Å². The number of rotatable bonds is 6. The Hall–Kier alpha value is -3.47. The van der Waals surface area contributed by atoms with Gasteiger partial charge in [0.2, 0.25) is 0 Å². The van der Waals surface area contributed by atoms with Gasteiger partial charge in [-0.15, -0.1) is 0 Å². The molecule has 3 aromatic rings. The molecular formula is C21H17NO4. The fraction of sp³-hybridized carbons (Fsp3) is 0.0952. The minimum absolute atomic E-state index is 0.297. The van der Waals surface area contributed by atoms with Crippen LogP contribution in [0.1, 0.15) is 16.1 Å². The van der Waals surface area contributed by atoms with E-state index in [9.17, 15) is 9.59 Å². The van der Waals surface area contributed by atoms with Gasteiger partial charge < -0.3 is 9.47 Å². The number of fused-ring (bicyclic) bond motifs is 1. The van der Waals surface area contributed by atoms with Crippen LogP contribution < -0.4 is 4.74 Å². The number of pyridine rings is 1. The summed E-state index contributed by atoms with van der Waals surface area (Å²) in [5, 5.41) is 1.02. The smallest absolute Gasteiger partial charge is 0.331 e. The number of carbonyl (C=O) groups excluding carboxylic acids is 2. The summed E-state index contributed by atoms with van der Waals surface area (Å²) in [6.07, 6.45) is 2.82. The van der Waals surface area contributed by atoms with Gasteiger partial charge in [-0.2, -0.15) is 0 Å². The van der Waals surface area contributed by atoms with Gasteiger partial charge >= 0.3 is 5.97 Å². The van der Waals surface area contributed by atoms with Gasteiger partial charge in [-0.3, -0.25) is 4.79 Å². The molecule has 1 heterocycles. The molecule has 0 saturated heterocycles. The fourth-order valence-electron chi connectivity index (χ4n) is 2.39. The molecule has 0 N–H and O–H groups in total. The maximum Gasteiger partial charge on any atom is 0.331 e. The van der Waals surface area contributed by atoms with E-state index in [1.807, 2.05) is 36.4 Å². The van der Waals surface area contributed by atoms with E-state index in [0.717, 1.165) is 10.9 Å².